The van der Waals surface area contributed by atoms with Crippen molar-refractivity contribution < 1.29 is 14.7 Å². The Labute approximate surface area is 133 Å². The van der Waals surface area contributed by atoms with Gasteiger partial charge in [0.05, 0.1) is 0 Å². The molecule has 0 bridgehead atoms. The first-order valence-corrected chi connectivity index (χ1v) is 7.87. The van der Waals surface area contributed by atoms with Gasteiger partial charge in [-0.25, -0.2) is 4.98 Å². The largest absolute Gasteiger partial charge is 0.481 e. The van der Waals surface area contributed by atoms with Gasteiger partial charge in [-0.15, -0.1) is 11.3 Å². The summed E-state index contributed by atoms with van der Waals surface area (Å²) in [4.78, 5) is 27.0. The number of hydrogen-bond donors (Lipinski definition) is 2. The van der Waals surface area contributed by atoms with Crippen LogP contribution < -0.4 is 5.32 Å². The summed E-state index contributed by atoms with van der Waals surface area (Å²) >= 11 is 1.42. The summed E-state index contributed by atoms with van der Waals surface area (Å²) in [6.45, 7) is 4.11. The normalized spacial score (nSPS) is 11.9. The zero-order chi connectivity index (χ0) is 16.1. The van der Waals surface area contributed by atoms with Crippen LogP contribution in [-0.2, 0) is 4.79 Å². The predicted molar refractivity (Wildman–Crippen MR) is 86.0 cm³/mol. The van der Waals surface area contributed by atoms with E-state index < -0.39 is 5.97 Å². The van der Waals surface area contributed by atoms with Crippen LogP contribution in [0.25, 0.3) is 10.6 Å². The fraction of sp³-hybridized carbons (Fsp3) is 0.312. The molecule has 1 aromatic carbocycles. The second kappa shape index (κ2) is 7.17. The van der Waals surface area contributed by atoms with Crippen molar-refractivity contribution in [3.8, 4) is 10.6 Å². The van der Waals surface area contributed by atoms with E-state index in [1.54, 1.807) is 12.3 Å². The van der Waals surface area contributed by atoms with Crippen LogP contribution in [0.15, 0.2) is 29.6 Å². The minimum absolute atomic E-state index is 0.0335. The van der Waals surface area contributed by atoms with Gasteiger partial charge >= 0.3 is 5.97 Å². The number of carbonyl (C=O) groups is 2. The molecule has 2 rings (SSSR count). The van der Waals surface area contributed by atoms with Gasteiger partial charge in [-0.2, -0.15) is 0 Å². The average molecular weight is 318 g/mol. The molecule has 1 heterocycles. The van der Waals surface area contributed by atoms with Gasteiger partial charge in [0, 0.05) is 23.9 Å². The van der Waals surface area contributed by atoms with Crippen molar-refractivity contribution >= 4 is 23.2 Å². The van der Waals surface area contributed by atoms with Crippen molar-refractivity contribution in [2.75, 3.05) is 6.54 Å². The predicted octanol–water partition coefficient (Wildman–Crippen LogP) is 2.96. The molecule has 116 valence electrons. The molecule has 0 aliphatic carbocycles. The van der Waals surface area contributed by atoms with Gasteiger partial charge in [0.25, 0.3) is 5.91 Å². The molecule has 0 aliphatic heterocycles. The maximum atomic E-state index is 12.1. The average Bonchev–Trinajstić information content (AvgIpc) is 2.94. The van der Waals surface area contributed by atoms with Gasteiger partial charge in [-0.3, -0.25) is 9.59 Å². The number of nitrogens with one attached hydrogen (secondary N) is 1. The minimum Gasteiger partial charge on any atom is -0.481 e. The molecule has 0 aliphatic rings. The van der Waals surface area contributed by atoms with E-state index in [2.05, 4.69) is 10.3 Å². The van der Waals surface area contributed by atoms with Gasteiger partial charge in [0.1, 0.15) is 10.7 Å². The molecule has 1 atom stereocenters. The van der Waals surface area contributed by atoms with Crippen LogP contribution in [0.4, 0.5) is 0 Å². The molecule has 6 heteroatoms. The molecule has 1 aromatic heterocycles. The fourth-order valence-corrected chi connectivity index (χ4v) is 2.93. The first-order valence-electron chi connectivity index (χ1n) is 6.99. The minimum atomic E-state index is -0.864. The molecule has 1 amide bonds. The van der Waals surface area contributed by atoms with Crippen molar-refractivity contribution in [2.45, 2.75) is 20.3 Å². The highest BCUT2D eigenvalue weighted by Gasteiger charge is 2.14. The maximum absolute atomic E-state index is 12.1. The van der Waals surface area contributed by atoms with E-state index >= 15 is 0 Å². The summed E-state index contributed by atoms with van der Waals surface area (Å²) in [5.74, 6) is -1.25. The van der Waals surface area contributed by atoms with E-state index in [4.69, 9.17) is 5.11 Å². The zero-order valence-corrected chi connectivity index (χ0v) is 13.3. The number of hydrogen-bond acceptors (Lipinski definition) is 4. The van der Waals surface area contributed by atoms with Crippen LogP contribution in [0.3, 0.4) is 0 Å². The zero-order valence-electron chi connectivity index (χ0n) is 12.5. The summed E-state index contributed by atoms with van der Waals surface area (Å²) < 4.78 is 0. The Balaban J connectivity index is 2.01. The van der Waals surface area contributed by atoms with Crippen LogP contribution >= 0.6 is 11.3 Å². The topological polar surface area (TPSA) is 79.3 Å². The van der Waals surface area contributed by atoms with Gasteiger partial charge in [-0.1, -0.05) is 31.2 Å². The number of aliphatic carboxylic acids is 1. The van der Waals surface area contributed by atoms with Crippen LogP contribution in [-0.4, -0.2) is 28.5 Å². The number of amides is 1. The second-order valence-electron chi connectivity index (χ2n) is 5.27. The number of nitrogens with zero attached hydrogens (tertiary/aromatic N) is 1. The van der Waals surface area contributed by atoms with E-state index in [0.29, 0.717) is 12.2 Å². The number of carboxylic acids is 1. The summed E-state index contributed by atoms with van der Waals surface area (Å²) in [6.07, 6.45) is 0.0335. The second-order valence-corrected chi connectivity index (χ2v) is 6.12. The Morgan fingerprint density at radius 2 is 2.09 bits per heavy atom. The first kappa shape index (κ1) is 16.2. The van der Waals surface area contributed by atoms with Gasteiger partial charge < -0.3 is 10.4 Å². The highest BCUT2D eigenvalue weighted by molar-refractivity contribution is 7.13. The van der Waals surface area contributed by atoms with E-state index in [-0.39, 0.29) is 18.2 Å². The standard InChI is InChI=1S/C16H18N2O3S/c1-10(7-14(19)20)8-17-15(21)13-9-22-16(18-13)12-6-4-3-5-11(12)2/h3-6,9-10H,7-8H2,1-2H3,(H,17,21)(H,19,20). The third-order valence-corrected chi connectivity index (χ3v) is 4.12. The Hall–Kier alpha value is -2.21. The first-order chi connectivity index (χ1) is 10.5. The molecule has 0 spiro atoms. The molecule has 0 saturated heterocycles. The SMILES string of the molecule is Cc1ccccc1-c1nc(C(=O)NCC(C)CC(=O)O)cs1. The number of carbonyl (C=O) groups excluding carboxylic acids is 1. The third-order valence-electron chi connectivity index (χ3n) is 3.25. The molecule has 2 N–H and O–H groups in total. The molecule has 1 unspecified atom stereocenters. The Bertz CT molecular complexity index is 682. The fourth-order valence-electron chi connectivity index (χ4n) is 2.04. The van der Waals surface area contributed by atoms with Crippen LogP contribution in [0.2, 0.25) is 0 Å². The van der Waals surface area contributed by atoms with Gasteiger partial charge in [-0.05, 0) is 18.4 Å². The quantitative estimate of drug-likeness (QED) is 0.858. The Morgan fingerprint density at radius 3 is 2.77 bits per heavy atom. The van der Waals surface area contributed by atoms with Crippen molar-refractivity contribution in [2.24, 2.45) is 5.92 Å². The molecule has 2 aromatic rings. The lowest BCUT2D eigenvalue weighted by Gasteiger charge is -2.09. The monoisotopic (exact) mass is 318 g/mol. The molecule has 0 radical (unpaired) electrons. The number of carboxylic acid groups (broad SMARTS) is 1. The van der Waals surface area contributed by atoms with Gasteiger partial charge in [0.2, 0.25) is 0 Å². The van der Waals surface area contributed by atoms with Crippen LogP contribution in [0.5, 0.6) is 0 Å². The van der Waals surface area contributed by atoms with E-state index in [1.165, 1.54) is 11.3 Å². The van der Waals surface area contributed by atoms with Crippen molar-refractivity contribution in [1.29, 1.82) is 0 Å². The van der Waals surface area contributed by atoms with E-state index in [0.717, 1.165) is 16.1 Å². The summed E-state index contributed by atoms with van der Waals surface area (Å²) in [5, 5.41) is 14.0. The van der Waals surface area contributed by atoms with Crippen LogP contribution in [0, 0.1) is 12.8 Å². The molecule has 0 fully saturated rings. The molecule has 0 saturated carbocycles. The number of rotatable bonds is 6. The molecule has 22 heavy (non-hydrogen) atoms. The summed E-state index contributed by atoms with van der Waals surface area (Å²) in [5.41, 5.74) is 2.50. The van der Waals surface area contributed by atoms with Crippen molar-refractivity contribution in [3.63, 3.8) is 0 Å². The number of benzene rings is 1. The third kappa shape index (κ3) is 4.14. The molecular weight excluding hydrogens is 300 g/mol. The van der Waals surface area contributed by atoms with Crippen LogP contribution in [0.1, 0.15) is 29.4 Å². The maximum Gasteiger partial charge on any atom is 0.303 e. The Kier molecular flexibility index (Phi) is 5.27. The molecular formula is C16H18N2O3S. The Morgan fingerprint density at radius 1 is 1.36 bits per heavy atom. The summed E-state index contributed by atoms with van der Waals surface area (Å²) in [7, 11) is 0. The summed E-state index contributed by atoms with van der Waals surface area (Å²) in [6, 6.07) is 7.88. The van der Waals surface area contributed by atoms with Crippen molar-refractivity contribution in [3.05, 3.63) is 40.9 Å². The van der Waals surface area contributed by atoms with Crippen molar-refractivity contribution in [1.82, 2.24) is 10.3 Å². The van der Waals surface area contributed by atoms with Gasteiger partial charge in [0.15, 0.2) is 0 Å². The van der Waals surface area contributed by atoms with E-state index in [9.17, 15) is 9.59 Å². The smallest absolute Gasteiger partial charge is 0.303 e. The highest BCUT2D eigenvalue weighted by atomic mass is 32.1. The number of aromatic nitrogens is 1. The lowest BCUT2D eigenvalue weighted by Crippen LogP contribution is -2.29. The lowest BCUT2D eigenvalue weighted by molar-refractivity contribution is -0.137. The lowest BCUT2D eigenvalue weighted by atomic mass is 10.1. The number of thiazole rings is 1. The van der Waals surface area contributed by atoms with E-state index in [1.807, 2.05) is 31.2 Å². The number of aryl methyl sites for hydroxylation is 1. The highest BCUT2D eigenvalue weighted by Crippen LogP contribution is 2.26. The molecule has 5 nitrogen and oxygen atoms in total.